The molecule has 1 aliphatic rings. The summed E-state index contributed by atoms with van der Waals surface area (Å²) in [5.41, 5.74) is 1.12. The van der Waals surface area contributed by atoms with Crippen LogP contribution in [0.15, 0.2) is 54.6 Å². The van der Waals surface area contributed by atoms with Crippen molar-refractivity contribution >= 4 is 17.8 Å². The number of hydrogen-bond acceptors (Lipinski definition) is 4. The van der Waals surface area contributed by atoms with E-state index in [1.54, 1.807) is 14.0 Å². The summed E-state index contributed by atoms with van der Waals surface area (Å²) in [6, 6.07) is 16.9. The maximum absolute atomic E-state index is 12.9. The highest BCUT2D eigenvalue weighted by Crippen LogP contribution is 2.24. The van der Waals surface area contributed by atoms with Crippen molar-refractivity contribution in [3.63, 3.8) is 0 Å². The number of nitrogens with one attached hydrogen (secondary N) is 2. The number of ether oxygens (including phenoxy) is 1. The van der Waals surface area contributed by atoms with Crippen molar-refractivity contribution in [3.05, 3.63) is 65.7 Å². The number of hydrogen-bond donors (Lipinski definition) is 2. The fourth-order valence-electron chi connectivity index (χ4n) is 3.61. The minimum Gasteiger partial charge on any atom is -0.497 e. The second kappa shape index (κ2) is 9.64. The molecular formula is C24H29N3O4. The third-order valence-corrected chi connectivity index (χ3v) is 5.69. The Morgan fingerprint density at radius 3 is 2.45 bits per heavy atom. The highest BCUT2D eigenvalue weighted by atomic mass is 16.5. The Labute approximate surface area is 182 Å². The van der Waals surface area contributed by atoms with Crippen molar-refractivity contribution in [1.29, 1.82) is 0 Å². The van der Waals surface area contributed by atoms with Crippen LogP contribution in [0.4, 0.5) is 4.79 Å². The minimum atomic E-state index is -1.03. The van der Waals surface area contributed by atoms with Crippen LogP contribution in [0.3, 0.4) is 0 Å². The molecule has 0 saturated carbocycles. The average molecular weight is 424 g/mol. The van der Waals surface area contributed by atoms with Gasteiger partial charge in [-0.05, 0) is 48.9 Å². The van der Waals surface area contributed by atoms with E-state index >= 15 is 0 Å². The maximum atomic E-state index is 12.9. The predicted molar refractivity (Wildman–Crippen MR) is 118 cm³/mol. The Morgan fingerprint density at radius 1 is 1.13 bits per heavy atom. The Morgan fingerprint density at radius 2 is 1.81 bits per heavy atom. The molecule has 0 spiro atoms. The van der Waals surface area contributed by atoms with Crippen LogP contribution >= 0.6 is 0 Å². The first kappa shape index (κ1) is 22.3. The number of methoxy groups -OCH3 is 1. The van der Waals surface area contributed by atoms with Gasteiger partial charge in [0.05, 0.1) is 7.11 Å². The molecule has 1 aliphatic heterocycles. The summed E-state index contributed by atoms with van der Waals surface area (Å²) in [4.78, 5) is 38.7. The monoisotopic (exact) mass is 423 g/mol. The summed E-state index contributed by atoms with van der Waals surface area (Å²) in [7, 11) is 1.61. The van der Waals surface area contributed by atoms with Crippen molar-refractivity contribution in [2.24, 2.45) is 0 Å². The maximum Gasteiger partial charge on any atom is 0.325 e. The lowest BCUT2D eigenvalue weighted by atomic mass is 9.93. The SMILES string of the molecule is COc1ccc(CC[C@@]2(C)NC(=O)N(CC(=O)NC[C@H](C)c3ccccc3)C2=O)cc1. The van der Waals surface area contributed by atoms with E-state index in [2.05, 4.69) is 10.6 Å². The first-order chi connectivity index (χ1) is 14.8. The van der Waals surface area contributed by atoms with Crippen LogP contribution in [-0.4, -0.2) is 48.5 Å². The van der Waals surface area contributed by atoms with Crippen molar-refractivity contribution in [3.8, 4) is 5.75 Å². The smallest absolute Gasteiger partial charge is 0.325 e. The second-order valence-electron chi connectivity index (χ2n) is 8.12. The zero-order valence-corrected chi connectivity index (χ0v) is 18.2. The number of urea groups is 1. The molecule has 2 atom stereocenters. The fraction of sp³-hybridized carbons (Fsp3) is 0.375. The van der Waals surface area contributed by atoms with Gasteiger partial charge in [-0.1, -0.05) is 49.4 Å². The minimum absolute atomic E-state index is 0.128. The third-order valence-electron chi connectivity index (χ3n) is 5.69. The molecule has 2 N–H and O–H groups in total. The Kier molecular flexibility index (Phi) is 6.95. The second-order valence-corrected chi connectivity index (χ2v) is 8.12. The van der Waals surface area contributed by atoms with Gasteiger partial charge < -0.3 is 15.4 Å². The number of rotatable bonds is 9. The van der Waals surface area contributed by atoms with Gasteiger partial charge in [-0.2, -0.15) is 0 Å². The van der Waals surface area contributed by atoms with Gasteiger partial charge in [0.1, 0.15) is 17.8 Å². The first-order valence-electron chi connectivity index (χ1n) is 10.4. The molecule has 2 aromatic rings. The molecule has 0 radical (unpaired) electrons. The number of imide groups is 1. The van der Waals surface area contributed by atoms with Crippen molar-refractivity contribution in [2.45, 2.75) is 38.1 Å². The lowest BCUT2D eigenvalue weighted by Crippen LogP contribution is -2.45. The summed E-state index contributed by atoms with van der Waals surface area (Å²) in [6.45, 7) is 3.86. The Bertz CT molecular complexity index is 930. The lowest BCUT2D eigenvalue weighted by molar-refractivity contribution is -0.134. The molecule has 0 aliphatic carbocycles. The van der Waals surface area contributed by atoms with Crippen molar-refractivity contribution in [2.75, 3.05) is 20.2 Å². The third kappa shape index (κ3) is 5.42. The van der Waals surface area contributed by atoms with Gasteiger partial charge >= 0.3 is 6.03 Å². The van der Waals surface area contributed by atoms with Gasteiger partial charge in [0, 0.05) is 6.54 Å². The summed E-state index contributed by atoms with van der Waals surface area (Å²) in [6.07, 6.45) is 1.05. The summed E-state index contributed by atoms with van der Waals surface area (Å²) >= 11 is 0. The van der Waals surface area contributed by atoms with Gasteiger partial charge in [-0.3, -0.25) is 14.5 Å². The molecule has 4 amide bonds. The lowest BCUT2D eigenvalue weighted by Gasteiger charge is -2.21. The number of carbonyl (C=O) groups is 3. The fourth-order valence-corrected chi connectivity index (χ4v) is 3.61. The average Bonchev–Trinajstić information content (AvgIpc) is 3.00. The van der Waals surface area contributed by atoms with E-state index in [-0.39, 0.29) is 24.3 Å². The molecule has 2 aromatic carbocycles. The molecule has 1 saturated heterocycles. The van der Waals surface area contributed by atoms with E-state index in [4.69, 9.17) is 4.74 Å². The van der Waals surface area contributed by atoms with Crippen LogP contribution in [0.2, 0.25) is 0 Å². The molecular weight excluding hydrogens is 394 g/mol. The first-order valence-corrected chi connectivity index (χ1v) is 10.4. The van der Waals surface area contributed by atoms with E-state index in [1.807, 2.05) is 61.5 Å². The van der Waals surface area contributed by atoms with E-state index in [0.717, 1.165) is 21.8 Å². The summed E-state index contributed by atoms with van der Waals surface area (Å²) in [5.74, 6) is 0.157. The Hall–Kier alpha value is -3.35. The van der Waals surface area contributed by atoms with Gasteiger partial charge in [-0.15, -0.1) is 0 Å². The van der Waals surface area contributed by atoms with E-state index in [1.165, 1.54) is 0 Å². The molecule has 164 valence electrons. The van der Waals surface area contributed by atoms with Crippen molar-refractivity contribution < 1.29 is 19.1 Å². The molecule has 1 heterocycles. The normalized spacial score (nSPS) is 19.1. The zero-order valence-electron chi connectivity index (χ0n) is 18.2. The Balaban J connectivity index is 1.53. The van der Waals surface area contributed by atoms with Crippen molar-refractivity contribution in [1.82, 2.24) is 15.5 Å². The highest BCUT2D eigenvalue weighted by Gasteiger charge is 2.47. The van der Waals surface area contributed by atoms with E-state index < -0.39 is 11.6 Å². The molecule has 0 aromatic heterocycles. The van der Waals surface area contributed by atoms with E-state index in [9.17, 15) is 14.4 Å². The van der Waals surface area contributed by atoms with Gasteiger partial charge in [0.25, 0.3) is 5.91 Å². The largest absolute Gasteiger partial charge is 0.497 e. The standard InChI is InChI=1S/C24H29N3O4/c1-17(19-7-5-4-6-8-19)15-25-21(28)16-27-22(29)24(2,26-23(27)30)14-13-18-9-11-20(31-3)12-10-18/h4-12,17H,13-16H2,1-3H3,(H,25,28)(H,26,30)/t17-,24+/m0/s1. The van der Waals surface area contributed by atoms with Crippen LogP contribution in [0, 0.1) is 0 Å². The number of amides is 4. The molecule has 0 unspecified atom stereocenters. The predicted octanol–water partition coefficient (Wildman–Crippen LogP) is 2.86. The van der Waals surface area contributed by atoms with Crippen LogP contribution in [0.25, 0.3) is 0 Å². The van der Waals surface area contributed by atoms with Crippen LogP contribution in [0.5, 0.6) is 5.75 Å². The summed E-state index contributed by atoms with van der Waals surface area (Å²) < 4.78 is 5.15. The molecule has 1 fully saturated rings. The van der Waals surface area contributed by atoms with Crippen LogP contribution < -0.4 is 15.4 Å². The van der Waals surface area contributed by atoms with Crippen LogP contribution in [-0.2, 0) is 16.0 Å². The molecule has 3 rings (SSSR count). The van der Waals surface area contributed by atoms with Gasteiger partial charge in [-0.25, -0.2) is 4.79 Å². The summed E-state index contributed by atoms with van der Waals surface area (Å²) in [5, 5.41) is 5.57. The highest BCUT2D eigenvalue weighted by molar-refractivity contribution is 6.08. The van der Waals surface area contributed by atoms with E-state index in [0.29, 0.717) is 19.4 Å². The molecule has 7 heteroatoms. The van der Waals surface area contributed by atoms with Gasteiger partial charge in [0.15, 0.2) is 0 Å². The number of benzene rings is 2. The number of nitrogens with zero attached hydrogens (tertiary/aromatic N) is 1. The topological polar surface area (TPSA) is 87.7 Å². The quantitative estimate of drug-likeness (QED) is 0.607. The van der Waals surface area contributed by atoms with Crippen LogP contribution in [0.1, 0.15) is 37.3 Å². The van der Waals surface area contributed by atoms with Gasteiger partial charge in [0.2, 0.25) is 5.91 Å². The molecule has 0 bridgehead atoms. The molecule has 7 nitrogen and oxygen atoms in total. The number of aryl methyl sites for hydroxylation is 1. The number of carbonyl (C=O) groups excluding carboxylic acids is 3. The zero-order chi connectivity index (χ0) is 22.4. The molecule has 31 heavy (non-hydrogen) atoms.